The van der Waals surface area contributed by atoms with Gasteiger partial charge in [0.15, 0.2) is 0 Å². The molecule has 2 heterocycles. The fourth-order valence-corrected chi connectivity index (χ4v) is 4.01. The van der Waals surface area contributed by atoms with Gasteiger partial charge in [-0.3, -0.25) is 4.90 Å². The Hall–Kier alpha value is -0.800. The van der Waals surface area contributed by atoms with Crippen molar-refractivity contribution in [3.8, 4) is 0 Å². The number of furan rings is 1. The van der Waals surface area contributed by atoms with Crippen LogP contribution in [0.4, 0.5) is 0 Å². The van der Waals surface area contributed by atoms with Gasteiger partial charge >= 0.3 is 0 Å². The molecule has 2 aliphatic rings. The smallest absolute Gasteiger partial charge is 0.105 e. The fourth-order valence-electron chi connectivity index (χ4n) is 4.01. The van der Waals surface area contributed by atoms with Crippen molar-refractivity contribution in [2.45, 2.75) is 57.5 Å². The lowest BCUT2D eigenvalue weighted by Gasteiger charge is -2.48. The predicted molar refractivity (Wildman–Crippen MR) is 81.8 cm³/mol. The molecule has 1 spiro atoms. The maximum Gasteiger partial charge on any atom is 0.105 e. The van der Waals surface area contributed by atoms with E-state index in [-0.39, 0.29) is 0 Å². The molecule has 1 atom stereocenters. The zero-order valence-electron chi connectivity index (χ0n) is 12.9. The number of piperazine rings is 1. The number of hydrogen-bond donors (Lipinski definition) is 1. The number of nitrogens with zero attached hydrogens (tertiary/aromatic N) is 1. The zero-order valence-corrected chi connectivity index (χ0v) is 12.9. The van der Waals surface area contributed by atoms with Gasteiger partial charge in [-0.2, -0.15) is 0 Å². The lowest BCUT2D eigenvalue weighted by Crippen LogP contribution is -2.64. The van der Waals surface area contributed by atoms with Gasteiger partial charge in [-0.05, 0) is 30.9 Å². The predicted octanol–water partition coefficient (Wildman–Crippen LogP) is 3.06. The normalized spacial score (nSPS) is 26.6. The van der Waals surface area contributed by atoms with Crippen LogP contribution in [0.2, 0.25) is 0 Å². The summed E-state index contributed by atoms with van der Waals surface area (Å²) in [5.74, 6) is 1.82. The molecule has 1 saturated carbocycles. The van der Waals surface area contributed by atoms with Crippen molar-refractivity contribution < 1.29 is 4.42 Å². The molecule has 0 radical (unpaired) electrons. The molecule has 0 aromatic carbocycles. The van der Waals surface area contributed by atoms with E-state index in [2.05, 4.69) is 30.1 Å². The van der Waals surface area contributed by atoms with Gasteiger partial charge in [0.25, 0.3) is 0 Å². The first kappa shape index (κ1) is 14.2. The molecule has 1 aromatic heterocycles. The third kappa shape index (κ3) is 2.94. The van der Waals surface area contributed by atoms with Crippen molar-refractivity contribution in [3.63, 3.8) is 0 Å². The van der Waals surface area contributed by atoms with E-state index in [4.69, 9.17) is 4.42 Å². The minimum Gasteiger partial charge on any atom is -0.469 e. The first-order valence-electron chi connectivity index (χ1n) is 8.20. The zero-order chi connectivity index (χ0) is 14.0. The molecule has 3 heteroatoms. The van der Waals surface area contributed by atoms with Crippen LogP contribution in [0.3, 0.4) is 0 Å². The van der Waals surface area contributed by atoms with E-state index in [0.717, 1.165) is 25.3 Å². The molecule has 0 amide bonds. The van der Waals surface area contributed by atoms with Gasteiger partial charge in [-0.15, -0.1) is 0 Å². The maximum atomic E-state index is 5.49. The van der Waals surface area contributed by atoms with Crippen LogP contribution in [0.1, 0.15) is 45.3 Å². The summed E-state index contributed by atoms with van der Waals surface area (Å²) in [6.07, 6.45) is 8.32. The molecule has 1 aromatic rings. The minimum atomic E-state index is 0.411. The highest BCUT2D eigenvalue weighted by atomic mass is 16.3. The van der Waals surface area contributed by atoms with Crippen molar-refractivity contribution in [3.05, 3.63) is 24.2 Å². The summed E-state index contributed by atoms with van der Waals surface area (Å²) in [5, 5.41) is 3.88. The van der Waals surface area contributed by atoms with E-state index < -0.39 is 0 Å². The Kier molecular flexibility index (Phi) is 4.18. The van der Waals surface area contributed by atoms with Gasteiger partial charge < -0.3 is 9.73 Å². The molecule has 1 unspecified atom stereocenters. The highest BCUT2D eigenvalue weighted by molar-refractivity contribution is 5.03. The average Bonchev–Trinajstić information content (AvgIpc) is 3.08. The Labute approximate surface area is 122 Å². The molecular formula is C17H28N2O. The summed E-state index contributed by atoms with van der Waals surface area (Å²) in [5.41, 5.74) is 0.411. The van der Waals surface area contributed by atoms with Crippen LogP contribution in [0, 0.1) is 5.92 Å². The van der Waals surface area contributed by atoms with Crippen LogP contribution in [0.15, 0.2) is 22.8 Å². The van der Waals surface area contributed by atoms with Gasteiger partial charge in [0.2, 0.25) is 0 Å². The highest BCUT2D eigenvalue weighted by Crippen LogP contribution is 2.34. The number of hydrogen-bond acceptors (Lipinski definition) is 3. The minimum absolute atomic E-state index is 0.411. The van der Waals surface area contributed by atoms with Crippen LogP contribution in [-0.2, 0) is 6.42 Å². The first-order valence-corrected chi connectivity index (χ1v) is 8.20. The van der Waals surface area contributed by atoms with Gasteiger partial charge in [-0.1, -0.05) is 26.7 Å². The molecular weight excluding hydrogens is 248 g/mol. The van der Waals surface area contributed by atoms with Crippen LogP contribution in [0.25, 0.3) is 0 Å². The number of nitrogens with one attached hydrogen (secondary N) is 1. The van der Waals surface area contributed by atoms with Gasteiger partial charge in [0.1, 0.15) is 5.76 Å². The van der Waals surface area contributed by atoms with Gasteiger partial charge in [-0.25, -0.2) is 0 Å². The fraction of sp³-hybridized carbons (Fsp3) is 0.765. The van der Waals surface area contributed by atoms with Crippen LogP contribution in [-0.4, -0.2) is 36.1 Å². The third-order valence-electron chi connectivity index (χ3n) is 5.22. The van der Waals surface area contributed by atoms with Crippen molar-refractivity contribution >= 4 is 0 Å². The third-order valence-corrected chi connectivity index (χ3v) is 5.22. The summed E-state index contributed by atoms with van der Waals surface area (Å²) in [7, 11) is 0. The summed E-state index contributed by atoms with van der Waals surface area (Å²) in [6, 6.07) is 4.75. The maximum absolute atomic E-state index is 5.49. The van der Waals surface area contributed by atoms with E-state index in [0.29, 0.717) is 17.5 Å². The molecule has 2 fully saturated rings. The van der Waals surface area contributed by atoms with Gasteiger partial charge in [0, 0.05) is 37.6 Å². The summed E-state index contributed by atoms with van der Waals surface area (Å²) < 4.78 is 5.49. The van der Waals surface area contributed by atoms with Gasteiger partial charge in [0.05, 0.1) is 6.26 Å². The van der Waals surface area contributed by atoms with E-state index >= 15 is 0 Å². The lowest BCUT2D eigenvalue weighted by molar-refractivity contribution is 0.0570. The second-order valence-electron chi connectivity index (χ2n) is 6.98. The Balaban J connectivity index is 1.65. The second-order valence-corrected chi connectivity index (χ2v) is 6.98. The van der Waals surface area contributed by atoms with Crippen molar-refractivity contribution in [1.82, 2.24) is 10.2 Å². The van der Waals surface area contributed by atoms with Crippen LogP contribution >= 0.6 is 0 Å². The molecule has 112 valence electrons. The standard InChI is InChI=1S/C17H28N2O/c1-14(2)16-12-18-17(8-3-4-9-17)13-19(16)10-7-15-6-5-11-20-15/h5-6,11,14,16,18H,3-4,7-10,12-13H2,1-2H3. The molecule has 3 nitrogen and oxygen atoms in total. The quantitative estimate of drug-likeness (QED) is 0.916. The van der Waals surface area contributed by atoms with Crippen molar-refractivity contribution in [2.24, 2.45) is 5.92 Å². The molecule has 1 aliphatic heterocycles. The van der Waals surface area contributed by atoms with E-state index in [9.17, 15) is 0 Å². The molecule has 1 aliphatic carbocycles. The summed E-state index contributed by atoms with van der Waals surface area (Å²) in [4.78, 5) is 2.72. The number of rotatable bonds is 4. The molecule has 1 saturated heterocycles. The Morgan fingerprint density at radius 2 is 2.20 bits per heavy atom. The summed E-state index contributed by atoms with van der Waals surface area (Å²) in [6.45, 7) is 8.18. The monoisotopic (exact) mass is 276 g/mol. The van der Waals surface area contributed by atoms with E-state index in [1.807, 2.05) is 6.07 Å². The van der Waals surface area contributed by atoms with Crippen molar-refractivity contribution in [2.75, 3.05) is 19.6 Å². The molecule has 3 rings (SSSR count). The highest BCUT2D eigenvalue weighted by Gasteiger charge is 2.41. The largest absolute Gasteiger partial charge is 0.469 e. The lowest BCUT2D eigenvalue weighted by atomic mass is 9.89. The molecule has 1 N–H and O–H groups in total. The second kappa shape index (κ2) is 5.90. The van der Waals surface area contributed by atoms with E-state index in [1.54, 1.807) is 6.26 Å². The summed E-state index contributed by atoms with van der Waals surface area (Å²) >= 11 is 0. The SMILES string of the molecule is CC(C)C1CNC2(CCCC2)CN1CCc1ccco1. The Bertz CT molecular complexity index is 407. The Morgan fingerprint density at radius 3 is 2.85 bits per heavy atom. The average molecular weight is 276 g/mol. The van der Waals surface area contributed by atoms with E-state index in [1.165, 1.54) is 32.2 Å². The molecule has 0 bridgehead atoms. The first-order chi connectivity index (χ1) is 9.69. The van der Waals surface area contributed by atoms with Crippen LogP contribution < -0.4 is 5.32 Å². The van der Waals surface area contributed by atoms with Crippen molar-refractivity contribution in [1.29, 1.82) is 0 Å². The topological polar surface area (TPSA) is 28.4 Å². The van der Waals surface area contributed by atoms with Crippen LogP contribution in [0.5, 0.6) is 0 Å². The Morgan fingerprint density at radius 1 is 1.40 bits per heavy atom. The molecule has 20 heavy (non-hydrogen) atoms.